The predicted octanol–water partition coefficient (Wildman–Crippen LogP) is 3.24. The number of rotatable bonds is 6. The second kappa shape index (κ2) is 11.6. The van der Waals surface area contributed by atoms with Crippen LogP contribution in [0, 0.1) is 6.92 Å². The number of hydrogen-bond donors (Lipinski definition) is 1. The molecule has 1 heterocycles. The van der Waals surface area contributed by atoms with Gasteiger partial charge in [-0.3, -0.25) is 4.99 Å². The van der Waals surface area contributed by atoms with Gasteiger partial charge in [-0.05, 0) is 50.3 Å². The van der Waals surface area contributed by atoms with Crippen molar-refractivity contribution in [1.29, 1.82) is 0 Å². The van der Waals surface area contributed by atoms with E-state index in [-0.39, 0.29) is 24.0 Å². The Balaban J connectivity index is 0.00000312. The van der Waals surface area contributed by atoms with Gasteiger partial charge in [0.25, 0.3) is 0 Å². The number of aryl methyl sites for hydroxylation is 1. The van der Waals surface area contributed by atoms with E-state index >= 15 is 0 Å². The Kier molecular flexibility index (Phi) is 10.2. The van der Waals surface area contributed by atoms with Crippen LogP contribution in [0.5, 0.6) is 5.75 Å². The molecule has 25 heavy (non-hydrogen) atoms. The summed E-state index contributed by atoms with van der Waals surface area (Å²) in [5, 5.41) is 3.48. The number of guanidine groups is 1. The van der Waals surface area contributed by atoms with Gasteiger partial charge in [-0.1, -0.05) is 12.1 Å². The van der Waals surface area contributed by atoms with E-state index in [2.05, 4.69) is 47.3 Å². The quantitative estimate of drug-likeness (QED) is 0.402. The molecule has 1 aliphatic rings. The van der Waals surface area contributed by atoms with Gasteiger partial charge >= 0.3 is 0 Å². The third-order valence-corrected chi connectivity index (χ3v) is 4.52. The van der Waals surface area contributed by atoms with E-state index in [1.807, 2.05) is 7.05 Å². The minimum Gasteiger partial charge on any atom is -0.496 e. The molecule has 1 aromatic carbocycles. The highest BCUT2D eigenvalue weighted by atomic mass is 127. The molecule has 0 aliphatic carbocycles. The van der Waals surface area contributed by atoms with Crippen molar-refractivity contribution in [1.82, 2.24) is 10.2 Å². The van der Waals surface area contributed by atoms with Gasteiger partial charge in [-0.2, -0.15) is 0 Å². The highest BCUT2D eigenvalue weighted by Crippen LogP contribution is 2.19. The molecule has 1 N–H and O–H groups in total. The molecule has 2 rings (SSSR count). The third-order valence-electron chi connectivity index (χ3n) is 4.52. The Labute approximate surface area is 169 Å². The molecule has 0 spiro atoms. The maximum Gasteiger partial charge on any atom is 0.193 e. The Hall–Kier alpha value is -1.02. The second-order valence-corrected chi connectivity index (χ2v) is 6.17. The van der Waals surface area contributed by atoms with Crippen LogP contribution < -0.4 is 10.1 Å². The van der Waals surface area contributed by atoms with Gasteiger partial charge in [0.1, 0.15) is 5.75 Å². The molecule has 6 heteroatoms. The molecule has 0 amide bonds. The lowest BCUT2D eigenvalue weighted by Gasteiger charge is -2.34. The van der Waals surface area contributed by atoms with Crippen molar-refractivity contribution in [2.45, 2.75) is 39.2 Å². The van der Waals surface area contributed by atoms with Crippen LogP contribution in [-0.4, -0.2) is 57.4 Å². The molecule has 1 saturated heterocycles. The zero-order valence-corrected chi connectivity index (χ0v) is 18.2. The van der Waals surface area contributed by atoms with Gasteiger partial charge in [-0.25, -0.2) is 0 Å². The first-order valence-electron chi connectivity index (χ1n) is 8.88. The molecule has 0 radical (unpaired) electrons. The second-order valence-electron chi connectivity index (χ2n) is 6.17. The summed E-state index contributed by atoms with van der Waals surface area (Å²) < 4.78 is 11.1. The average molecular weight is 461 g/mol. The van der Waals surface area contributed by atoms with Gasteiger partial charge < -0.3 is 19.7 Å². The number of benzene rings is 1. The number of piperidine rings is 1. The normalized spacial score (nSPS) is 15.7. The highest BCUT2D eigenvalue weighted by Gasteiger charge is 2.21. The van der Waals surface area contributed by atoms with Crippen LogP contribution in [-0.2, 0) is 11.2 Å². The Morgan fingerprint density at radius 1 is 1.32 bits per heavy atom. The zero-order chi connectivity index (χ0) is 17.4. The maximum absolute atomic E-state index is 5.72. The van der Waals surface area contributed by atoms with E-state index in [1.54, 1.807) is 7.11 Å². The summed E-state index contributed by atoms with van der Waals surface area (Å²) in [4.78, 5) is 6.75. The zero-order valence-electron chi connectivity index (χ0n) is 15.9. The molecule has 1 aromatic rings. The maximum atomic E-state index is 5.72. The van der Waals surface area contributed by atoms with E-state index in [9.17, 15) is 0 Å². The first-order valence-corrected chi connectivity index (χ1v) is 8.88. The van der Waals surface area contributed by atoms with Gasteiger partial charge in [0.15, 0.2) is 5.96 Å². The summed E-state index contributed by atoms with van der Waals surface area (Å²) >= 11 is 0. The lowest BCUT2D eigenvalue weighted by Crippen LogP contribution is -2.47. The lowest BCUT2D eigenvalue weighted by atomic mass is 10.1. The number of hydrogen-bond acceptors (Lipinski definition) is 3. The number of ether oxygens (including phenoxy) is 2. The fraction of sp³-hybridized carbons (Fsp3) is 0.632. The summed E-state index contributed by atoms with van der Waals surface area (Å²) in [6.07, 6.45) is 3.50. The van der Waals surface area contributed by atoms with Crippen LogP contribution in [0.1, 0.15) is 30.9 Å². The summed E-state index contributed by atoms with van der Waals surface area (Å²) in [6.45, 7) is 7.80. The van der Waals surface area contributed by atoms with E-state index in [4.69, 9.17) is 9.47 Å². The van der Waals surface area contributed by atoms with E-state index in [0.29, 0.717) is 6.10 Å². The van der Waals surface area contributed by atoms with Gasteiger partial charge in [0.05, 0.1) is 13.2 Å². The van der Waals surface area contributed by atoms with Gasteiger partial charge in [0.2, 0.25) is 0 Å². The first kappa shape index (κ1) is 22.0. The van der Waals surface area contributed by atoms with Crippen molar-refractivity contribution in [2.24, 2.45) is 4.99 Å². The molecule has 0 aromatic heterocycles. The number of halogens is 1. The van der Waals surface area contributed by atoms with E-state index in [1.165, 1.54) is 11.1 Å². The van der Waals surface area contributed by atoms with Crippen molar-refractivity contribution in [3.63, 3.8) is 0 Å². The number of aliphatic imine (C=N–C) groups is 1. The first-order chi connectivity index (χ1) is 11.7. The minimum atomic E-state index is 0. The molecule has 1 fully saturated rings. The molecule has 0 bridgehead atoms. The van der Waals surface area contributed by atoms with Gasteiger partial charge in [-0.15, -0.1) is 24.0 Å². The van der Waals surface area contributed by atoms with E-state index in [0.717, 1.165) is 57.2 Å². The van der Waals surface area contributed by atoms with Crippen molar-refractivity contribution >= 4 is 29.9 Å². The summed E-state index contributed by atoms with van der Waals surface area (Å²) in [5.41, 5.74) is 2.44. The Morgan fingerprint density at radius 3 is 2.64 bits per heavy atom. The van der Waals surface area contributed by atoms with Crippen molar-refractivity contribution < 1.29 is 9.47 Å². The molecular weight excluding hydrogens is 429 g/mol. The van der Waals surface area contributed by atoms with Crippen LogP contribution in [0.25, 0.3) is 0 Å². The SMILES string of the molecule is CCOC1CCN(C(=NC)NCCc2ccc(C)c(OC)c2)CC1.I. The fourth-order valence-corrected chi connectivity index (χ4v) is 3.14. The summed E-state index contributed by atoms with van der Waals surface area (Å²) in [5.74, 6) is 1.94. The number of nitrogens with zero attached hydrogens (tertiary/aromatic N) is 2. The molecule has 142 valence electrons. The van der Waals surface area contributed by atoms with Crippen LogP contribution in [0.4, 0.5) is 0 Å². The average Bonchev–Trinajstić information content (AvgIpc) is 2.61. The van der Waals surface area contributed by atoms with Crippen LogP contribution >= 0.6 is 24.0 Å². The lowest BCUT2D eigenvalue weighted by molar-refractivity contribution is 0.0264. The minimum absolute atomic E-state index is 0. The van der Waals surface area contributed by atoms with Gasteiger partial charge in [0, 0.05) is 33.3 Å². The van der Waals surface area contributed by atoms with Crippen molar-refractivity contribution in [3.05, 3.63) is 29.3 Å². The summed E-state index contributed by atoms with van der Waals surface area (Å²) in [6, 6.07) is 6.39. The van der Waals surface area contributed by atoms with Crippen molar-refractivity contribution in [3.8, 4) is 5.75 Å². The highest BCUT2D eigenvalue weighted by molar-refractivity contribution is 14.0. The van der Waals surface area contributed by atoms with Crippen LogP contribution in [0.2, 0.25) is 0 Å². The predicted molar refractivity (Wildman–Crippen MR) is 114 cm³/mol. The fourth-order valence-electron chi connectivity index (χ4n) is 3.14. The summed E-state index contributed by atoms with van der Waals surface area (Å²) in [7, 11) is 3.57. The molecule has 5 nitrogen and oxygen atoms in total. The topological polar surface area (TPSA) is 46.1 Å². The molecule has 0 atom stereocenters. The molecular formula is C19H32IN3O2. The largest absolute Gasteiger partial charge is 0.496 e. The third kappa shape index (κ3) is 6.66. The number of likely N-dealkylation sites (tertiary alicyclic amines) is 1. The Morgan fingerprint density at radius 2 is 2.04 bits per heavy atom. The monoisotopic (exact) mass is 461 g/mol. The number of nitrogens with one attached hydrogen (secondary N) is 1. The smallest absolute Gasteiger partial charge is 0.193 e. The van der Waals surface area contributed by atoms with Crippen LogP contribution in [0.3, 0.4) is 0 Å². The van der Waals surface area contributed by atoms with Crippen LogP contribution in [0.15, 0.2) is 23.2 Å². The molecule has 0 saturated carbocycles. The Bertz CT molecular complexity index is 543. The number of methoxy groups -OCH3 is 1. The van der Waals surface area contributed by atoms with Crippen molar-refractivity contribution in [2.75, 3.05) is 40.4 Å². The molecule has 1 aliphatic heterocycles. The standard InChI is InChI=1S/C19H31N3O2.HI/c1-5-24-17-9-12-22(13-10-17)19(20-3)21-11-8-16-7-6-15(2)18(14-16)23-4;/h6-7,14,17H,5,8-13H2,1-4H3,(H,20,21);1H. The van der Waals surface area contributed by atoms with E-state index < -0.39 is 0 Å². The molecule has 0 unspecified atom stereocenters.